The maximum absolute atomic E-state index is 11.7. The van der Waals surface area contributed by atoms with Crippen LogP contribution in [0, 0.1) is 0 Å². The van der Waals surface area contributed by atoms with Crippen molar-refractivity contribution in [2.45, 2.75) is 6.92 Å². The van der Waals surface area contributed by atoms with Gasteiger partial charge in [-0.15, -0.1) is 11.3 Å². The third-order valence-corrected chi connectivity index (χ3v) is 3.60. The Kier molecular flexibility index (Phi) is 3.21. The summed E-state index contributed by atoms with van der Waals surface area (Å²) < 4.78 is 4.96. The maximum atomic E-state index is 11.7. The Balaban J connectivity index is 2.42. The predicted molar refractivity (Wildman–Crippen MR) is 65.8 cm³/mol. The van der Waals surface area contributed by atoms with Crippen molar-refractivity contribution in [1.82, 2.24) is 4.98 Å². The van der Waals surface area contributed by atoms with Crippen LogP contribution in [-0.4, -0.2) is 17.6 Å². The number of esters is 1. The number of carbonyl (C=O) groups excluding carboxylic acids is 1. The van der Waals surface area contributed by atoms with E-state index < -0.39 is 0 Å². The van der Waals surface area contributed by atoms with Gasteiger partial charge >= 0.3 is 5.97 Å². The summed E-state index contributed by atoms with van der Waals surface area (Å²) in [4.78, 5) is 17.2. The number of carbonyl (C=O) groups is 1. The first-order chi connectivity index (χ1) is 7.72. The van der Waals surface area contributed by atoms with E-state index in [-0.39, 0.29) is 5.97 Å². The van der Waals surface area contributed by atoms with E-state index in [9.17, 15) is 4.79 Å². The zero-order chi connectivity index (χ0) is 11.5. The Morgan fingerprint density at radius 2 is 2.44 bits per heavy atom. The minimum absolute atomic E-state index is 0.348. The molecule has 2 N–H and O–H groups in total. The lowest BCUT2D eigenvalue weighted by Gasteiger charge is -1.99. The van der Waals surface area contributed by atoms with Crippen molar-refractivity contribution < 1.29 is 9.53 Å². The number of ether oxygens (including phenoxy) is 1. The molecule has 0 aliphatic carbocycles. The van der Waals surface area contributed by atoms with Gasteiger partial charge < -0.3 is 10.5 Å². The summed E-state index contributed by atoms with van der Waals surface area (Å²) in [5.41, 5.74) is 6.24. The largest absolute Gasteiger partial charge is 0.462 e. The second kappa shape index (κ2) is 4.63. The van der Waals surface area contributed by atoms with Gasteiger partial charge in [0.25, 0.3) is 0 Å². The lowest BCUT2D eigenvalue weighted by atomic mass is 10.3. The Morgan fingerprint density at radius 3 is 3.06 bits per heavy atom. The average Bonchev–Trinajstić information content (AvgIpc) is 2.85. The fourth-order valence-electron chi connectivity index (χ4n) is 1.25. The van der Waals surface area contributed by atoms with Crippen LogP contribution in [0.5, 0.6) is 0 Å². The first kappa shape index (κ1) is 11.1. The Morgan fingerprint density at radius 1 is 1.62 bits per heavy atom. The summed E-state index contributed by atoms with van der Waals surface area (Å²) in [6.45, 7) is 2.12. The number of anilines is 1. The molecule has 0 bridgehead atoms. The summed E-state index contributed by atoms with van der Waals surface area (Å²) in [5, 5.41) is 2.31. The van der Waals surface area contributed by atoms with Gasteiger partial charge in [0, 0.05) is 0 Å². The van der Waals surface area contributed by atoms with Crippen molar-refractivity contribution in [2.75, 3.05) is 12.3 Å². The van der Waals surface area contributed by atoms with Gasteiger partial charge in [0.2, 0.25) is 0 Å². The van der Waals surface area contributed by atoms with Crippen LogP contribution in [-0.2, 0) is 4.74 Å². The molecule has 16 heavy (non-hydrogen) atoms. The van der Waals surface area contributed by atoms with E-state index in [0.717, 1.165) is 16.2 Å². The zero-order valence-electron chi connectivity index (χ0n) is 8.60. The summed E-state index contributed by atoms with van der Waals surface area (Å²) in [7, 11) is 0. The van der Waals surface area contributed by atoms with Crippen LogP contribution in [0.15, 0.2) is 17.5 Å². The topological polar surface area (TPSA) is 65.2 Å². The van der Waals surface area contributed by atoms with Crippen molar-refractivity contribution in [3.05, 3.63) is 22.4 Å². The molecule has 2 heterocycles. The second-order valence-corrected chi connectivity index (χ2v) is 4.91. The van der Waals surface area contributed by atoms with Crippen molar-refractivity contribution in [3.8, 4) is 10.6 Å². The molecule has 0 aliphatic heterocycles. The minimum atomic E-state index is -0.361. The quantitative estimate of drug-likeness (QED) is 0.855. The monoisotopic (exact) mass is 254 g/mol. The third kappa shape index (κ3) is 2.07. The van der Waals surface area contributed by atoms with Gasteiger partial charge in [-0.25, -0.2) is 9.78 Å². The van der Waals surface area contributed by atoms with Crippen LogP contribution >= 0.6 is 22.7 Å². The molecule has 0 spiro atoms. The number of aromatic nitrogens is 1. The smallest absolute Gasteiger partial charge is 0.350 e. The molecule has 0 unspecified atom stereocenters. The molecule has 0 amide bonds. The van der Waals surface area contributed by atoms with Gasteiger partial charge in [-0.2, -0.15) is 0 Å². The number of nitrogens with zero attached hydrogens (tertiary/aromatic N) is 1. The lowest BCUT2D eigenvalue weighted by molar-refractivity contribution is 0.0533. The normalized spacial score (nSPS) is 10.3. The van der Waals surface area contributed by atoms with Gasteiger partial charge in [0.05, 0.1) is 11.5 Å². The first-order valence-electron chi connectivity index (χ1n) is 4.69. The molecule has 0 aliphatic rings. The van der Waals surface area contributed by atoms with E-state index in [1.807, 2.05) is 17.5 Å². The molecule has 0 aromatic carbocycles. The Bertz CT molecular complexity index is 491. The van der Waals surface area contributed by atoms with Crippen molar-refractivity contribution >= 4 is 33.8 Å². The molecule has 4 nitrogen and oxygen atoms in total. The summed E-state index contributed by atoms with van der Waals surface area (Å²) >= 11 is 2.68. The van der Waals surface area contributed by atoms with Gasteiger partial charge in [-0.3, -0.25) is 0 Å². The molecular formula is C10H10N2O2S2. The molecule has 6 heteroatoms. The molecule has 2 aromatic rings. The molecule has 0 fully saturated rings. The summed E-state index contributed by atoms with van der Waals surface area (Å²) in [6, 6.07) is 3.81. The van der Waals surface area contributed by atoms with Crippen LogP contribution in [0.1, 0.15) is 16.6 Å². The third-order valence-electron chi connectivity index (χ3n) is 1.86. The van der Waals surface area contributed by atoms with E-state index >= 15 is 0 Å². The minimum Gasteiger partial charge on any atom is -0.462 e. The van der Waals surface area contributed by atoms with Crippen LogP contribution < -0.4 is 5.73 Å². The molecular weight excluding hydrogens is 244 g/mol. The summed E-state index contributed by atoms with van der Waals surface area (Å²) in [5.74, 6) is -0.361. The van der Waals surface area contributed by atoms with Crippen molar-refractivity contribution in [3.63, 3.8) is 0 Å². The number of thiazole rings is 1. The molecule has 0 saturated carbocycles. The van der Waals surface area contributed by atoms with Gasteiger partial charge in [0.15, 0.2) is 5.13 Å². The molecule has 0 atom stereocenters. The molecule has 0 saturated heterocycles. The Hall–Kier alpha value is -1.40. The number of nitrogen functional groups attached to an aromatic ring is 1. The number of nitrogens with two attached hydrogens (primary N) is 1. The first-order valence-corrected chi connectivity index (χ1v) is 6.39. The van der Waals surface area contributed by atoms with E-state index in [1.165, 1.54) is 11.3 Å². The molecule has 2 aromatic heterocycles. The SMILES string of the molecule is CCOC(=O)c1sc(N)nc1-c1cccs1. The van der Waals surface area contributed by atoms with E-state index in [4.69, 9.17) is 10.5 Å². The number of rotatable bonds is 3. The highest BCUT2D eigenvalue weighted by Crippen LogP contribution is 2.32. The highest BCUT2D eigenvalue weighted by molar-refractivity contribution is 7.18. The van der Waals surface area contributed by atoms with E-state index in [0.29, 0.717) is 22.3 Å². The fraction of sp³-hybridized carbons (Fsp3) is 0.200. The van der Waals surface area contributed by atoms with Gasteiger partial charge in [-0.1, -0.05) is 17.4 Å². The average molecular weight is 254 g/mol. The highest BCUT2D eigenvalue weighted by atomic mass is 32.1. The van der Waals surface area contributed by atoms with Crippen LogP contribution in [0.4, 0.5) is 5.13 Å². The zero-order valence-corrected chi connectivity index (χ0v) is 10.2. The number of hydrogen-bond acceptors (Lipinski definition) is 6. The van der Waals surface area contributed by atoms with Crippen LogP contribution in [0.3, 0.4) is 0 Å². The molecule has 84 valence electrons. The highest BCUT2D eigenvalue weighted by Gasteiger charge is 2.19. The Labute approximate surface area is 101 Å². The van der Waals surface area contributed by atoms with Crippen molar-refractivity contribution in [1.29, 1.82) is 0 Å². The maximum Gasteiger partial charge on any atom is 0.350 e. The standard InChI is InChI=1S/C10H10N2O2S2/c1-2-14-9(13)8-7(12-10(11)16-8)6-4-3-5-15-6/h3-5H,2H2,1H3,(H2,11,12). The van der Waals surface area contributed by atoms with Crippen LogP contribution in [0.2, 0.25) is 0 Å². The van der Waals surface area contributed by atoms with E-state index in [2.05, 4.69) is 4.98 Å². The second-order valence-electron chi connectivity index (χ2n) is 2.93. The van der Waals surface area contributed by atoms with E-state index in [1.54, 1.807) is 6.92 Å². The molecule has 0 radical (unpaired) electrons. The van der Waals surface area contributed by atoms with Crippen LogP contribution in [0.25, 0.3) is 10.6 Å². The number of thiophene rings is 1. The van der Waals surface area contributed by atoms with Gasteiger partial charge in [0.1, 0.15) is 10.6 Å². The fourth-order valence-corrected chi connectivity index (χ4v) is 2.78. The lowest BCUT2D eigenvalue weighted by Crippen LogP contribution is -2.03. The van der Waals surface area contributed by atoms with Gasteiger partial charge in [-0.05, 0) is 18.4 Å². The number of hydrogen-bond donors (Lipinski definition) is 1. The predicted octanol–water partition coefficient (Wildman–Crippen LogP) is 2.63. The molecule has 2 rings (SSSR count). The summed E-state index contributed by atoms with van der Waals surface area (Å²) in [6.07, 6.45) is 0. The van der Waals surface area contributed by atoms with Crippen molar-refractivity contribution in [2.24, 2.45) is 0 Å².